The SMILES string of the molecule is CCCN(CCC)C(=O)c1cccc(C(=O)NCCc2ccccc2)c1. The summed E-state index contributed by atoms with van der Waals surface area (Å²) in [5.74, 6) is -0.152. The molecule has 1 N–H and O–H groups in total. The lowest BCUT2D eigenvalue weighted by atomic mass is 10.1. The molecule has 0 saturated heterocycles. The van der Waals surface area contributed by atoms with E-state index in [-0.39, 0.29) is 11.8 Å². The molecule has 0 spiro atoms. The van der Waals surface area contributed by atoms with Gasteiger partial charge >= 0.3 is 0 Å². The van der Waals surface area contributed by atoms with Crippen LogP contribution in [0, 0.1) is 0 Å². The van der Waals surface area contributed by atoms with Crippen LogP contribution in [0.1, 0.15) is 53.0 Å². The van der Waals surface area contributed by atoms with E-state index in [1.54, 1.807) is 24.3 Å². The molecule has 2 aromatic rings. The normalized spacial score (nSPS) is 10.4. The summed E-state index contributed by atoms with van der Waals surface area (Å²) >= 11 is 0. The van der Waals surface area contributed by atoms with Crippen LogP contribution in [0.3, 0.4) is 0 Å². The average molecular weight is 352 g/mol. The third-order valence-corrected chi connectivity index (χ3v) is 4.19. The van der Waals surface area contributed by atoms with Crippen molar-refractivity contribution >= 4 is 11.8 Å². The predicted molar refractivity (Wildman–Crippen MR) is 105 cm³/mol. The number of nitrogens with one attached hydrogen (secondary N) is 1. The Labute approximate surface area is 156 Å². The quantitative estimate of drug-likeness (QED) is 0.743. The molecule has 0 aromatic heterocycles. The molecule has 0 heterocycles. The van der Waals surface area contributed by atoms with Crippen molar-refractivity contribution in [2.75, 3.05) is 19.6 Å². The molecule has 0 fully saturated rings. The van der Waals surface area contributed by atoms with E-state index in [0.29, 0.717) is 17.7 Å². The van der Waals surface area contributed by atoms with Crippen molar-refractivity contribution < 1.29 is 9.59 Å². The molecular weight excluding hydrogens is 324 g/mol. The molecule has 26 heavy (non-hydrogen) atoms. The zero-order chi connectivity index (χ0) is 18.8. The fourth-order valence-corrected chi connectivity index (χ4v) is 2.90. The van der Waals surface area contributed by atoms with E-state index in [0.717, 1.165) is 32.4 Å². The van der Waals surface area contributed by atoms with Crippen molar-refractivity contribution in [3.63, 3.8) is 0 Å². The summed E-state index contributed by atoms with van der Waals surface area (Å²) in [6.07, 6.45) is 2.63. The van der Waals surface area contributed by atoms with Gasteiger partial charge in [0.2, 0.25) is 0 Å². The van der Waals surface area contributed by atoms with Gasteiger partial charge in [0.15, 0.2) is 0 Å². The van der Waals surface area contributed by atoms with Crippen molar-refractivity contribution in [2.24, 2.45) is 0 Å². The molecule has 0 unspecified atom stereocenters. The highest BCUT2D eigenvalue weighted by Gasteiger charge is 2.16. The minimum absolute atomic E-state index is 0.00682. The maximum absolute atomic E-state index is 12.7. The van der Waals surface area contributed by atoms with E-state index in [1.165, 1.54) is 5.56 Å². The molecule has 2 amide bonds. The molecule has 0 atom stereocenters. The molecule has 0 radical (unpaired) electrons. The number of benzene rings is 2. The molecule has 2 aromatic carbocycles. The maximum Gasteiger partial charge on any atom is 0.253 e. The molecular formula is C22H28N2O2. The largest absolute Gasteiger partial charge is 0.352 e. The summed E-state index contributed by atoms with van der Waals surface area (Å²) in [5, 5.41) is 2.93. The minimum atomic E-state index is -0.145. The van der Waals surface area contributed by atoms with E-state index in [1.807, 2.05) is 35.2 Å². The first-order chi connectivity index (χ1) is 12.7. The Kier molecular flexibility index (Phi) is 7.87. The Morgan fingerprint density at radius 1 is 0.885 bits per heavy atom. The highest BCUT2D eigenvalue weighted by Crippen LogP contribution is 2.10. The fourth-order valence-electron chi connectivity index (χ4n) is 2.90. The maximum atomic E-state index is 12.7. The summed E-state index contributed by atoms with van der Waals surface area (Å²) in [4.78, 5) is 26.9. The summed E-state index contributed by atoms with van der Waals surface area (Å²) in [6.45, 7) is 6.16. The average Bonchev–Trinajstić information content (AvgIpc) is 2.68. The Bertz CT molecular complexity index is 707. The first-order valence-corrected chi connectivity index (χ1v) is 9.37. The van der Waals surface area contributed by atoms with Crippen LogP contribution in [0.15, 0.2) is 54.6 Å². The lowest BCUT2D eigenvalue weighted by Gasteiger charge is -2.21. The van der Waals surface area contributed by atoms with E-state index in [4.69, 9.17) is 0 Å². The van der Waals surface area contributed by atoms with Crippen molar-refractivity contribution in [1.29, 1.82) is 0 Å². The zero-order valence-corrected chi connectivity index (χ0v) is 15.7. The number of carbonyl (C=O) groups excluding carboxylic acids is 2. The Hall–Kier alpha value is -2.62. The topological polar surface area (TPSA) is 49.4 Å². The highest BCUT2D eigenvalue weighted by atomic mass is 16.2. The van der Waals surface area contributed by atoms with Crippen LogP contribution in [-0.2, 0) is 6.42 Å². The summed E-state index contributed by atoms with van der Waals surface area (Å²) in [5.41, 5.74) is 2.28. The third kappa shape index (κ3) is 5.73. The molecule has 138 valence electrons. The van der Waals surface area contributed by atoms with Crippen molar-refractivity contribution in [3.05, 3.63) is 71.3 Å². The lowest BCUT2D eigenvalue weighted by molar-refractivity contribution is 0.0755. The lowest BCUT2D eigenvalue weighted by Crippen LogP contribution is -2.33. The van der Waals surface area contributed by atoms with Gasteiger partial charge in [0.1, 0.15) is 0 Å². The number of hydrogen-bond acceptors (Lipinski definition) is 2. The van der Waals surface area contributed by atoms with E-state index in [2.05, 4.69) is 19.2 Å². The van der Waals surface area contributed by atoms with Crippen molar-refractivity contribution in [3.8, 4) is 0 Å². The molecule has 0 bridgehead atoms. The minimum Gasteiger partial charge on any atom is -0.352 e. The van der Waals surface area contributed by atoms with Crippen LogP contribution < -0.4 is 5.32 Å². The monoisotopic (exact) mass is 352 g/mol. The van der Waals surface area contributed by atoms with E-state index in [9.17, 15) is 9.59 Å². The fraction of sp³-hybridized carbons (Fsp3) is 0.364. The van der Waals surface area contributed by atoms with Crippen molar-refractivity contribution in [1.82, 2.24) is 10.2 Å². The van der Waals surface area contributed by atoms with Crippen LogP contribution in [0.25, 0.3) is 0 Å². The van der Waals surface area contributed by atoms with Crippen LogP contribution in [-0.4, -0.2) is 36.3 Å². The summed E-state index contributed by atoms with van der Waals surface area (Å²) in [7, 11) is 0. The van der Waals surface area contributed by atoms with E-state index < -0.39 is 0 Å². The molecule has 0 aliphatic carbocycles. The van der Waals surface area contributed by atoms with Gasteiger partial charge in [-0.3, -0.25) is 9.59 Å². The Balaban J connectivity index is 1.98. The Morgan fingerprint density at radius 3 is 2.19 bits per heavy atom. The zero-order valence-electron chi connectivity index (χ0n) is 15.7. The van der Waals surface area contributed by atoms with Gasteiger partial charge in [-0.05, 0) is 43.0 Å². The van der Waals surface area contributed by atoms with Gasteiger partial charge in [-0.15, -0.1) is 0 Å². The van der Waals surface area contributed by atoms with Crippen LogP contribution in [0.2, 0.25) is 0 Å². The van der Waals surface area contributed by atoms with Gasteiger partial charge in [-0.1, -0.05) is 50.2 Å². The smallest absolute Gasteiger partial charge is 0.253 e. The molecule has 0 saturated carbocycles. The molecule has 4 heteroatoms. The first kappa shape index (κ1) is 19.7. The third-order valence-electron chi connectivity index (χ3n) is 4.19. The van der Waals surface area contributed by atoms with Crippen LogP contribution in [0.4, 0.5) is 0 Å². The van der Waals surface area contributed by atoms with Crippen molar-refractivity contribution in [2.45, 2.75) is 33.1 Å². The molecule has 2 rings (SSSR count). The standard InChI is InChI=1S/C22H28N2O2/c1-3-15-24(16-4-2)22(26)20-12-8-11-19(17-20)21(25)23-14-13-18-9-6-5-7-10-18/h5-12,17H,3-4,13-16H2,1-2H3,(H,23,25). The van der Waals surface area contributed by atoms with Gasteiger partial charge < -0.3 is 10.2 Å². The van der Waals surface area contributed by atoms with Gasteiger partial charge in [0.25, 0.3) is 11.8 Å². The molecule has 0 aliphatic heterocycles. The Morgan fingerprint density at radius 2 is 1.54 bits per heavy atom. The number of carbonyl (C=O) groups is 2. The number of nitrogens with zero attached hydrogens (tertiary/aromatic N) is 1. The second-order valence-electron chi connectivity index (χ2n) is 6.36. The van der Waals surface area contributed by atoms with E-state index >= 15 is 0 Å². The number of rotatable bonds is 9. The predicted octanol–water partition coefficient (Wildman–Crippen LogP) is 3.92. The van der Waals surface area contributed by atoms with Gasteiger partial charge in [-0.25, -0.2) is 0 Å². The first-order valence-electron chi connectivity index (χ1n) is 9.37. The van der Waals surface area contributed by atoms with Gasteiger partial charge in [-0.2, -0.15) is 0 Å². The van der Waals surface area contributed by atoms with Crippen LogP contribution in [0.5, 0.6) is 0 Å². The number of amides is 2. The summed E-state index contributed by atoms with van der Waals surface area (Å²) in [6, 6.07) is 17.0. The summed E-state index contributed by atoms with van der Waals surface area (Å²) < 4.78 is 0. The molecule has 4 nitrogen and oxygen atoms in total. The van der Waals surface area contributed by atoms with Gasteiger partial charge in [0, 0.05) is 30.8 Å². The second-order valence-corrected chi connectivity index (χ2v) is 6.36. The highest BCUT2D eigenvalue weighted by molar-refractivity contribution is 5.99. The molecule has 0 aliphatic rings. The van der Waals surface area contributed by atoms with Gasteiger partial charge in [0.05, 0.1) is 0 Å². The second kappa shape index (κ2) is 10.4. The number of hydrogen-bond donors (Lipinski definition) is 1. The van der Waals surface area contributed by atoms with Crippen LogP contribution >= 0.6 is 0 Å².